The zero-order valence-corrected chi connectivity index (χ0v) is 15.7. The molecule has 1 rings (SSSR count). The zero-order chi connectivity index (χ0) is 17.9. The number of oxime groups is 1. The molecular weight excluding hydrogens is 353 g/mol. The second kappa shape index (κ2) is 11.2. The first kappa shape index (κ1) is 20.6. The van der Waals surface area contributed by atoms with E-state index >= 15 is 0 Å². The fourth-order valence-electron chi connectivity index (χ4n) is 2.02. The van der Waals surface area contributed by atoms with Gasteiger partial charge in [0.15, 0.2) is 0 Å². The number of halogens is 2. The van der Waals surface area contributed by atoms with Crippen LogP contribution in [-0.2, 0) is 11.2 Å². The number of benzene rings is 1. The number of aryl methyl sites for hydroxylation is 2. The van der Waals surface area contributed by atoms with Crippen molar-refractivity contribution in [3.05, 3.63) is 33.8 Å². The van der Waals surface area contributed by atoms with E-state index < -0.39 is 0 Å². The van der Waals surface area contributed by atoms with Crippen molar-refractivity contribution in [3.8, 4) is 11.5 Å². The van der Waals surface area contributed by atoms with E-state index in [-0.39, 0.29) is 11.1 Å². The Hall–Kier alpha value is -1.43. The molecule has 0 aromatic heterocycles. The minimum absolute atomic E-state index is 0.184. The fourth-order valence-corrected chi connectivity index (χ4v) is 2.14. The summed E-state index contributed by atoms with van der Waals surface area (Å²) in [5, 5.41) is 11.6. The van der Waals surface area contributed by atoms with Gasteiger partial charge in [-0.3, -0.25) is 0 Å². The van der Waals surface area contributed by atoms with Crippen LogP contribution >= 0.6 is 23.2 Å². The number of nitrogens with zero attached hydrogens (tertiary/aromatic N) is 1. The third-order valence-corrected chi connectivity index (χ3v) is 3.46. The lowest BCUT2D eigenvalue weighted by atomic mass is 10.1. The minimum Gasteiger partial charge on any atom is -0.491 e. The molecule has 0 aliphatic carbocycles. The van der Waals surface area contributed by atoms with E-state index in [4.69, 9.17) is 42.6 Å². The lowest BCUT2D eigenvalue weighted by molar-refractivity contribution is 0.125. The summed E-state index contributed by atoms with van der Waals surface area (Å²) in [4.78, 5) is 0. The van der Waals surface area contributed by atoms with Crippen molar-refractivity contribution in [2.45, 2.75) is 27.2 Å². The molecule has 0 bridgehead atoms. The van der Waals surface area contributed by atoms with Crippen molar-refractivity contribution < 1.29 is 19.4 Å². The summed E-state index contributed by atoms with van der Waals surface area (Å²) in [5.74, 6) is 1.58. The van der Waals surface area contributed by atoms with Gasteiger partial charge in [-0.05, 0) is 49.6 Å². The van der Waals surface area contributed by atoms with Crippen molar-refractivity contribution in [2.24, 2.45) is 5.16 Å². The monoisotopic (exact) mass is 375 g/mol. The molecule has 1 aromatic carbocycles. The highest BCUT2D eigenvalue weighted by Crippen LogP contribution is 2.29. The van der Waals surface area contributed by atoms with Crippen molar-refractivity contribution in [2.75, 3.05) is 26.4 Å². The van der Waals surface area contributed by atoms with Gasteiger partial charge in [0.25, 0.3) is 0 Å². The largest absolute Gasteiger partial charge is 0.491 e. The summed E-state index contributed by atoms with van der Waals surface area (Å²) in [5.41, 5.74) is 2.56. The van der Waals surface area contributed by atoms with Crippen molar-refractivity contribution in [1.82, 2.24) is 0 Å². The topological polar surface area (TPSA) is 60.3 Å². The van der Waals surface area contributed by atoms with Gasteiger partial charge in [-0.2, -0.15) is 0 Å². The molecule has 24 heavy (non-hydrogen) atoms. The van der Waals surface area contributed by atoms with Crippen LogP contribution in [0, 0.1) is 6.92 Å². The van der Waals surface area contributed by atoms with Crippen molar-refractivity contribution in [1.29, 1.82) is 0 Å². The maximum Gasteiger partial charge on any atom is 0.125 e. The first-order chi connectivity index (χ1) is 11.5. The average Bonchev–Trinajstić information content (AvgIpc) is 2.55. The lowest BCUT2D eigenvalue weighted by Crippen LogP contribution is -2.12. The summed E-state index contributed by atoms with van der Waals surface area (Å²) >= 11 is 11.1. The van der Waals surface area contributed by atoms with Gasteiger partial charge in [0.1, 0.15) is 29.2 Å². The summed E-state index contributed by atoms with van der Waals surface area (Å²) in [6.07, 6.45) is 2.40. The van der Waals surface area contributed by atoms with Gasteiger partial charge >= 0.3 is 0 Å². The van der Waals surface area contributed by atoms with Crippen LogP contribution in [0.25, 0.3) is 0 Å². The Balaban J connectivity index is 2.62. The predicted molar refractivity (Wildman–Crippen MR) is 97.1 cm³/mol. The maximum absolute atomic E-state index is 8.54. The molecule has 0 amide bonds. The third kappa shape index (κ3) is 7.43. The molecule has 7 heteroatoms. The molecule has 1 N–H and O–H groups in total. The number of hydrogen-bond acceptors (Lipinski definition) is 5. The molecule has 134 valence electrons. The number of ether oxygens (including phenoxy) is 3. The highest BCUT2D eigenvalue weighted by Gasteiger charge is 2.09. The Bertz CT molecular complexity index is 584. The van der Waals surface area contributed by atoms with E-state index in [1.54, 1.807) is 13.0 Å². The fraction of sp³-hybridized carbons (Fsp3) is 0.471. The van der Waals surface area contributed by atoms with E-state index in [1.807, 2.05) is 19.1 Å². The molecule has 0 atom stereocenters. The minimum atomic E-state index is 0.184. The van der Waals surface area contributed by atoms with E-state index in [9.17, 15) is 0 Å². The highest BCUT2D eigenvalue weighted by molar-refractivity contribution is 6.55. The molecule has 0 spiro atoms. The van der Waals surface area contributed by atoms with Gasteiger partial charge in [0.2, 0.25) is 0 Å². The maximum atomic E-state index is 8.54. The van der Waals surface area contributed by atoms with E-state index in [0.717, 1.165) is 29.0 Å². The van der Waals surface area contributed by atoms with Crippen LogP contribution < -0.4 is 9.47 Å². The first-order valence-electron chi connectivity index (χ1n) is 7.63. The zero-order valence-electron chi connectivity index (χ0n) is 14.1. The van der Waals surface area contributed by atoms with Gasteiger partial charge in [0, 0.05) is 0 Å². The smallest absolute Gasteiger partial charge is 0.125 e. The predicted octanol–water partition coefficient (Wildman–Crippen LogP) is 4.50. The van der Waals surface area contributed by atoms with Crippen LogP contribution in [0.3, 0.4) is 0 Å². The summed E-state index contributed by atoms with van der Waals surface area (Å²) in [7, 11) is 0. The molecule has 1 aromatic rings. The van der Waals surface area contributed by atoms with Gasteiger partial charge in [0.05, 0.1) is 18.9 Å². The standard InChI is InChI=1S/C17H23Cl2NO4/c1-4-14-10-15(23-6-5-16(18)19)9-12(2)17(14)24-8-7-22-11-13(3)20-21/h5,9-10,21H,4,6-8,11H2,1-3H3. The molecule has 0 saturated heterocycles. The third-order valence-electron chi connectivity index (χ3n) is 3.15. The molecular formula is C17H23Cl2NO4. The van der Waals surface area contributed by atoms with Crippen LogP contribution in [0.5, 0.6) is 11.5 Å². The first-order valence-corrected chi connectivity index (χ1v) is 8.39. The molecule has 0 aliphatic rings. The second-order valence-corrected chi connectivity index (χ2v) is 6.13. The molecule has 5 nitrogen and oxygen atoms in total. The Kier molecular flexibility index (Phi) is 9.60. The Morgan fingerprint density at radius 2 is 2.00 bits per heavy atom. The Labute approximate surface area is 152 Å². The number of rotatable bonds is 10. The number of hydrogen-bond donors (Lipinski definition) is 1. The average molecular weight is 376 g/mol. The molecule has 0 unspecified atom stereocenters. The normalized spacial score (nSPS) is 11.3. The van der Waals surface area contributed by atoms with Gasteiger partial charge < -0.3 is 19.4 Å². The Morgan fingerprint density at radius 3 is 2.62 bits per heavy atom. The van der Waals surface area contributed by atoms with E-state index in [2.05, 4.69) is 12.1 Å². The summed E-state index contributed by atoms with van der Waals surface area (Å²) in [6.45, 7) is 7.12. The Morgan fingerprint density at radius 1 is 1.25 bits per heavy atom. The molecule has 0 aliphatic heterocycles. The van der Waals surface area contributed by atoms with E-state index in [1.165, 1.54) is 0 Å². The van der Waals surface area contributed by atoms with Gasteiger partial charge in [-0.25, -0.2) is 0 Å². The quantitative estimate of drug-likeness (QED) is 0.283. The van der Waals surface area contributed by atoms with Crippen LogP contribution in [0.4, 0.5) is 0 Å². The molecule has 0 saturated carbocycles. The van der Waals surface area contributed by atoms with Crippen LogP contribution in [0.1, 0.15) is 25.0 Å². The van der Waals surface area contributed by atoms with Crippen LogP contribution in [0.15, 0.2) is 27.9 Å². The summed E-state index contributed by atoms with van der Waals surface area (Å²) < 4.78 is 17.0. The molecule has 0 fully saturated rings. The lowest BCUT2D eigenvalue weighted by Gasteiger charge is -2.15. The SMILES string of the molecule is CCc1cc(OCC=C(Cl)Cl)cc(C)c1OCCOCC(C)=NO. The summed E-state index contributed by atoms with van der Waals surface area (Å²) in [6, 6.07) is 3.86. The second-order valence-electron chi connectivity index (χ2n) is 5.12. The van der Waals surface area contributed by atoms with Gasteiger partial charge in [-0.15, -0.1) is 0 Å². The van der Waals surface area contributed by atoms with Crippen molar-refractivity contribution >= 4 is 28.9 Å². The van der Waals surface area contributed by atoms with Crippen LogP contribution in [0.2, 0.25) is 0 Å². The van der Waals surface area contributed by atoms with Crippen LogP contribution in [-0.4, -0.2) is 37.3 Å². The van der Waals surface area contributed by atoms with E-state index in [0.29, 0.717) is 25.5 Å². The highest BCUT2D eigenvalue weighted by atomic mass is 35.5. The molecule has 0 radical (unpaired) electrons. The van der Waals surface area contributed by atoms with Gasteiger partial charge in [-0.1, -0.05) is 35.3 Å². The van der Waals surface area contributed by atoms with Crippen molar-refractivity contribution in [3.63, 3.8) is 0 Å². The molecule has 0 heterocycles.